The van der Waals surface area contributed by atoms with Gasteiger partial charge < -0.3 is 15.2 Å². The smallest absolute Gasteiger partial charge is 0.225 e. The second-order valence-corrected chi connectivity index (χ2v) is 6.36. The Morgan fingerprint density at radius 3 is 2.53 bits per heavy atom. The van der Waals surface area contributed by atoms with Crippen LogP contribution >= 0.6 is 0 Å². The molecule has 1 fully saturated rings. The summed E-state index contributed by atoms with van der Waals surface area (Å²) in [6, 6.07) is 0. The first-order valence-corrected chi connectivity index (χ1v) is 7.48. The molecule has 0 unspecified atom stereocenters. The van der Waals surface area contributed by atoms with Crippen LogP contribution in [0.15, 0.2) is 0 Å². The van der Waals surface area contributed by atoms with Crippen LogP contribution in [-0.2, 0) is 9.53 Å². The maximum absolute atomic E-state index is 12.2. The number of rotatable bonds is 7. The lowest BCUT2D eigenvalue weighted by Crippen LogP contribution is -2.49. The van der Waals surface area contributed by atoms with Crippen LogP contribution in [0.3, 0.4) is 0 Å². The maximum atomic E-state index is 12.2. The van der Waals surface area contributed by atoms with Crippen LogP contribution in [0.25, 0.3) is 0 Å². The van der Waals surface area contributed by atoms with Gasteiger partial charge in [0.05, 0.1) is 5.60 Å². The summed E-state index contributed by atoms with van der Waals surface area (Å²) < 4.78 is 5.23. The summed E-state index contributed by atoms with van der Waals surface area (Å²) in [6.45, 7) is 7.61. The average molecular weight is 271 g/mol. The van der Waals surface area contributed by atoms with Gasteiger partial charge in [0.25, 0.3) is 0 Å². The van der Waals surface area contributed by atoms with Gasteiger partial charge in [-0.1, -0.05) is 40.0 Å². The van der Waals surface area contributed by atoms with Crippen molar-refractivity contribution in [2.75, 3.05) is 19.8 Å². The molecule has 0 spiro atoms. The summed E-state index contributed by atoms with van der Waals surface area (Å²) in [5.74, 6) is 0.0449. The standard InChI is InChI=1S/C15H29NO3/c1-4-5-6-7-14(2,3)13(17)16-12-15(18)8-10-19-11-9-15/h18H,4-12H2,1-3H3,(H,16,17). The van der Waals surface area contributed by atoms with Gasteiger partial charge in [-0.05, 0) is 6.42 Å². The minimum absolute atomic E-state index is 0.0449. The Kier molecular flexibility index (Phi) is 6.27. The number of unbranched alkanes of at least 4 members (excludes halogenated alkanes) is 2. The van der Waals surface area contributed by atoms with Crippen molar-refractivity contribution in [2.45, 2.75) is 64.9 Å². The average Bonchev–Trinajstić information content (AvgIpc) is 2.37. The third-order valence-corrected chi connectivity index (χ3v) is 4.02. The van der Waals surface area contributed by atoms with Gasteiger partial charge in [-0.25, -0.2) is 0 Å². The van der Waals surface area contributed by atoms with Gasteiger partial charge in [-0.3, -0.25) is 4.79 Å². The normalized spacial score (nSPS) is 19.2. The van der Waals surface area contributed by atoms with E-state index < -0.39 is 5.60 Å². The van der Waals surface area contributed by atoms with Crippen molar-refractivity contribution < 1.29 is 14.6 Å². The fourth-order valence-electron chi connectivity index (χ4n) is 2.34. The molecule has 0 radical (unpaired) electrons. The summed E-state index contributed by atoms with van der Waals surface area (Å²) >= 11 is 0. The van der Waals surface area contributed by atoms with E-state index in [1.54, 1.807) is 0 Å². The first kappa shape index (κ1) is 16.4. The van der Waals surface area contributed by atoms with Crippen molar-refractivity contribution in [3.8, 4) is 0 Å². The molecule has 1 aliphatic heterocycles. The second kappa shape index (κ2) is 7.25. The molecule has 4 nitrogen and oxygen atoms in total. The van der Waals surface area contributed by atoms with Crippen LogP contribution in [0, 0.1) is 5.41 Å². The van der Waals surface area contributed by atoms with Gasteiger partial charge in [-0.15, -0.1) is 0 Å². The second-order valence-electron chi connectivity index (χ2n) is 6.36. The van der Waals surface area contributed by atoms with E-state index in [2.05, 4.69) is 12.2 Å². The van der Waals surface area contributed by atoms with Crippen LogP contribution in [0.5, 0.6) is 0 Å². The summed E-state index contributed by atoms with van der Waals surface area (Å²) in [4.78, 5) is 12.2. The molecule has 0 aromatic rings. The Balaban J connectivity index is 2.36. The van der Waals surface area contributed by atoms with E-state index >= 15 is 0 Å². The number of amides is 1. The zero-order chi connectivity index (χ0) is 14.4. The van der Waals surface area contributed by atoms with E-state index in [-0.39, 0.29) is 11.3 Å². The maximum Gasteiger partial charge on any atom is 0.225 e. The lowest BCUT2D eigenvalue weighted by Gasteiger charge is -2.33. The Labute approximate surface area is 116 Å². The number of aliphatic hydroxyl groups is 1. The van der Waals surface area contributed by atoms with Crippen LogP contribution in [0.2, 0.25) is 0 Å². The van der Waals surface area contributed by atoms with Gasteiger partial charge >= 0.3 is 0 Å². The van der Waals surface area contributed by atoms with Crippen LogP contribution in [0.4, 0.5) is 0 Å². The molecule has 1 heterocycles. The van der Waals surface area contributed by atoms with E-state index in [4.69, 9.17) is 4.74 Å². The van der Waals surface area contributed by atoms with Crippen molar-refractivity contribution in [1.82, 2.24) is 5.32 Å². The van der Waals surface area contributed by atoms with Gasteiger partial charge in [-0.2, -0.15) is 0 Å². The molecule has 1 amide bonds. The molecule has 0 bridgehead atoms. The SMILES string of the molecule is CCCCCC(C)(C)C(=O)NCC1(O)CCOCC1. The molecule has 2 N–H and O–H groups in total. The molecule has 1 rings (SSSR count). The van der Waals surface area contributed by atoms with Crippen molar-refractivity contribution >= 4 is 5.91 Å². The zero-order valence-electron chi connectivity index (χ0n) is 12.6. The fourth-order valence-corrected chi connectivity index (χ4v) is 2.34. The van der Waals surface area contributed by atoms with E-state index in [1.807, 2.05) is 13.8 Å². The van der Waals surface area contributed by atoms with Crippen LogP contribution in [0.1, 0.15) is 59.3 Å². The molecule has 1 aliphatic rings. The molecule has 0 atom stereocenters. The summed E-state index contributed by atoms with van der Waals surface area (Å²) in [6.07, 6.45) is 5.51. The predicted molar refractivity (Wildman–Crippen MR) is 75.9 cm³/mol. The lowest BCUT2D eigenvalue weighted by molar-refractivity contribution is -0.132. The summed E-state index contributed by atoms with van der Waals surface area (Å²) in [7, 11) is 0. The van der Waals surface area contributed by atoms with Gasteiger partial charge in [0.2, 0.25) is 5.91 Å². The summed E-state index contributed by atoms with van der Waals surface area (Å²) in [5.41, 5.74) is -1.13. The van der Waals surface area contributed by atoms with E-state index in [9.17, 15) is 9.90 Å². The van der Waals surface area contributed by atoms with Gasteiger partial charge in [0, 0.05) is 38.0 Å². The Morgan fingerprint density at radius 1 is 1.32 bits per heavy atom. The quantitative estimate of drug-likeness (QED) is 0.698. The molecule has 1 saturated heterocycles. The summed E-state index contributed by atoms with van der Waals surface area (Å²) in [5, 5.41) is 13.2. The van der Waals surface area contributed by atoms with Gasteiger partial charge in [0.1, 0.15) is 0 Å². The van der Waals surface area contributed by atoms with Crippen molar-refractivity contribution in [1.29, 1.82) is 0 Å². The Morgan fingerprint density at radius 2 is 1.95 bits per heavy atom. The predicted octanol–water partition coefficient (Wildman–Crippen LogP) is 2.25. The molecule has 112 valence electrons. The Bertz CT molecular complexity index is 283. The van der Waals surface area contributed by atoms with Crippen molar-refractivity contribution in [2.24, 2.45) is 5.41 Å². The van der Waals surface area contributed by atoms with E-state index in [0.29, 0.717) is 32.6 Å². The Hall–Kier alpha value is -0.610. The number of ether oxygens (including phenoxy) is 1. The third kappa shape index (κ3) is 5.49. The number of hydrogen-bond donors (Lipinski definition) is 2. The highest BCUT2D eigenvalue weighted by atomic mass is 16.5. The monoisotopic (exact) mass is 271 g/mol. The number of nitrogens with one attached hydrogen (secondary N) is 1. The van der Waals surface area contributed by atoms with Gasteiger partial charge in [0.15, 0.2) is 0 Å². The minimum Gasteiger partial charge on any atom is -0.388 e. The molecular formula is C15H29NO3. The van der Waals surface area contributed by atoms with Crippen LogP contribution in [-0.4, -0.2) is 36.4 Å². The highest BCUT2D eigenvalue weighted by molar-refractivity contribution is 5.81. The van der Waals surface area contributed by atoms with Crippen molar-refractivity contribution in [3.63, 3.8) is 0 Å². The molecular weight excluding hydrogens is 242 g/mol. The largest absolute Gasteiger partial charge is 0.388 e. The van der Waals surface area contributed by atoms with E-state index in [1.165, 1.54) is 0 Å². The molecule has 4 heteroatoms. The zero-order valence-corrected chi connectivity index (χ0v) is 12.6. The highest BCUT2D eigenvalue weighted by Crippen LogP contribution is 2.25. The number of carbonyl (C=O) groups excluding carboxylic acids is 1. The molecule has 0 aromatic carbocycles. The van der Waals surface area contributed by atoms with E-state index in [0.717, 1.165) is 25.7 Å². The molecule has 0 saturated carbocycles. The molecule has 0 aliphatic carbocycles. The third-order valence-electron chi connectivity index (χ3n) is 4.02. The molecule has 19 heavy (non-hydrogen) atoms. The topological polar surface area (TPSA) is 58.6 Å². The highest BCUT2D eigenvalue weighted by Gasteiger charge is 2.33. The molecule has 0 aromatic heterocycles. The first-order chi connectivity index (χ1) is 8.90. The van der Waals surface area contributed by atoms with Crippen molar-refractivity contribution in [3.05, 3.63) is 0 Å². The number of hydrogen-bond acceptors (Lipinski definition) is 3. The number of carbonyl (C=O) groups is 1. The lowest BCUT2D eigenvalue weighted by atomic mass is 9.85. The fraction of sp³-hybridized carbons (Fsp3) is 0.933. The minimum atomic E-state index is -0.784. The van der Waals surface area contributed by atoms with Crippen LogP contribution < -0.4 is 5.32 Å². The first-order valence-electron chi connectivity index (χ1n) is 7.48.